The monoisotopic (exact) mass is 362 g/mol. The van der Waals surface area contributed by atoms with Crippen LogP contribution in [-0.2, 0) is 0 Å². The molecule has 0 bridgehead atoms. The van der Waals surface area contributed by atoms with Crippen molar-refractivity contribution in [3.05, 3.63) is 44.5 Å². The lowest BCUT2D eigenvalue weighted by atomic mass is 10.0. The lowest BCUT2D eigenvalue weighted by molar-refractivity contribution is 1.04. The van der Waals surface area contributed by atoms with Gasteiger partial charge in [0, 0.05) is 19.6 Å². The second-order valence-corrected chi connectivity index (χ2v) is 8.37. The summed E-state index contributed by atoms with van der Waals surface area (Å²) in [5, 5.41) is 0. The highest BCUT2D eigenvalue weighted by Gasteiger charge is 2.18. The Hall–Kier alpha value is -0.510. The molecule has 0 aliphatic rings. The molecule has 0 N–H and O–H groups in total. The Morgan fingerprint density at radius 2 is 0.652 bits per heavy atom. The third-order valence-electron chi connectivity index (χ3n) is 5.24. The summed E-state index contributed by atoms with van der Waals surface area (Å²) in [6, 6.07) is 0. The van der Waals surface area contributed by atoms with E-state index in [1.165, 1.54) is 54.3 Å². The van der Waals surface area contributed by atoms with Gasteiger partial charge in [0.05, 0.1) is 0 Å². The standard InChI is InChI=1S/C20H26S3/c1-9-13(5)19(14(6)10(2)17(9)21)23-20-15(7)11(3)18(22)12(4)16(20)8/h21-22H,1-8H3. The topological polar surface area (TPSA) is 0 Å². The van der Waals surface area contributed by atoms with Gasteiger partial charge in [-0.3, -0.25) is 0 Å². The minimum absolute atomic E-state index is 1.12. The van der Waals surface area contributed by atoms with Crippen LogP contribution < -0.4 is 0 Å². The molecule has 0 heterocycles. The highest BCUT2D eigenvalue weighted by Crippen LogP contribution is 2.43. The molecule has 0 fully saturated rings. The van der Waals surface area contributed by atoms with Gasteiger partial charge in [-0.15, -0.1) is 25.3 Å². The normalized spacial score (nSPS) is 11.2. The molecule has 0 unspecified atom stereocenters. The van der Waals surface area contributed by atoms with Crippen molar-refractivity contribution < 1.29 is 0 Å². The molecule has 2 aromatic rings. The Morgan fingerprint density at radius 3 is 0.870 bits per heavy atom. The molecule has 0 saturated heterocycles. The van der Waals surface area contributed by atoms with Crippen LogP contribution in [0.2, 0.25) is 0 Å². The van der Waals surface area contributed by atoms with Gasteiger partial charge in [-0.05, 0) is 99.9 Å². The maximum atomic E-state index is 4.69. The van der Waals surface area contributed by atoms with Crippen LogP contribution in [0.25, 0.3) is 0 Å². The molecule has 0 amide bonds. The number of rotatable bonds is 2. The predicted molar refractivity (Wildman–Crippen MR) is 109 cm³/mol. The first-order valence-electron chi connectivity index (χ1n) is 7.86. The van der Waals surface area contributed by atoms with E-state index < -0.39 is 0 Å². The van der Waals surface area contributed by atoms with Crippen molar-refractivity contribution in [1.82, 2.24) is 0 Å². The molecule has 0 aliphatic carbocycles. The minimum atomic E-state index is 1.12. The molecule has 0 radical (unpaired) electrons. The second-order valence-electron chi connectivity index (χ2n) is 6.46. The van der Waals surface area contributed by atoms with Gasteiger partial charge in [-0.2, -0.15) is 0 Å². The third kappa shape index (κ3) is 3.08. The Morgan fingerprint density at radius 1 is 0.435 bits per heavy atom. The molecule has 23 heavy (non-hydrogen) atoms. The first-order valence-corrected chi connectivity index (χ1v) is 9.57. The first kappa shape index (κ1) is 18.8. The lowest BCUT2D eigenvalue weighted by Crippen LogP contribution is -2.00. The summed E-state index contributed by atoms with van der Waals surface area (Å²) >= 11 is 11.3. The van der Waals surface area contributed by atoms with Crippen molar-refractivity contribution in [2.24, 2.45) is 0 Å². The van der Waals surface area contributed by atoms with E-state index in [1.54, 1.807) is 0 Å². The highest BCUT2D eigenvalue weighted by atomic mass is 32.2. The van der Waals surface area contributed by atoms with E-state index in [9.17, 15) is 0 Å². The van der Waals surface area contributed by atoms with Gasteiger partial charge in [0.1, 0.15) is 0 Å². The van der Waals surface area contributed by atoms with Crippen LogP contribution in [0.5, 0.6) is 0 Å². The van der Waals surface area contributed by atoms with Crippen LogP contribution in [0.15, 0.2) is 19.6 Å². The molecular weight excluding hydrogens is 336 g/mol. The molecule has 0 spiro atoms. The van der Waals surface area contributed by atoms with Crippen LogP contribution in [0.3, 0.4) is 0 Å². The van der Waals surface area contributed by atoms with E-state index in [1.807, 2.05) is 11.8 Å². The van der Waals surface area contributed by atoms with Gasteiger partial charge in [0.15, 0.2) is 0 Å². The molecule has 124 valence electrons. The van der Waals surface area contributed by atoms with E-state index in [4.69, 9.17) is 25.3 Å². The smallest absolute Gasteiger partial charge is 0.0187 e. The fraction of sp³-hybridized carbons (Fsp3) is 0.400. The maximum Gasteiger partial charge on any atom is 0.0187 e. The van der Waals surface area contributed by atoms with Crippen molar-refractivity contribution in [2.45, 2.75) is 75.0 Å². The zero-order chi connectivity index (χ0) is 17.6. The maximum absolute atomic E-state index is 4.69. The molecule has 0 aromatic heterocycles. The SMILES string of the molecule is Cc1c(C)c(Sc2c(C)c(C)c(S)c(C)c2C)c(C)c(C)c1S. The number of hydrogen-bond donors (Lipinski definition) is 2. The Labute approximate surface area is 156 Å². The van der Waals surface area contributed by atoms with Crippen molar-refractivity contribution in [3.63, 3.8) is 0 Å². The zero-order valence-corrected chi connectivity index (χ0v) is 17.9. The molecule has 0 saturated carbocycles. The lowest BCUT2D eigenvalue weighted by Gasteiger charge is -2.21. The van der Waals surface area contributed by atoms with Gasteiger partial charge in [-0.25, -0.2) is 0 Å². The Balaban J connectivity index is 2.71. The van der Waals surface area contributed by atoms with E-state index in [2.05, 4.69) is 55.4 Å². The first-order chi connectivity index (χ1) is 10.6. The van der Waals surface area contributed by atoms with Gasteiger partial charge >= 0.3 is 0 Å². The summed E-state index contributed by atoms with van der Waals surface area (Å²) < 4.78 is 0. The fourth-order valence-electron chi connectivity index (χ4n) is 2.92. The number of hydrogen-bond acceptors (Lipinski definition) is 3. The van der Waals surface area contributed by atoms with Crippen LogP contribution >= 0.6 is 37.0 Å². The summed E-state index contributed by atoms with van der Waals surface area (Å²) in [5.41, 5.74) is 10.5. The van der Waals surface area contributed by atoms with Crippen molar-refractivity contribution in [1.29, 1.82) is 0 Å². The van der Waals surface area contributed by atoms with E-state index in [0.29, 0.717) is 0 Å². The molecule has 0 atom stereocenters. The molecule has 2 rings (SSSR count). The molecule has 3 heteroatoms. The van der Waals surface area contributed by atoms with Gasteiger partial charge in [0.25, 0.3) is 0 Å². The van der Waals surface area contributed by atoms with Crippen LogP contribution in [0.4, 0.5) is 0 Å². The van der Waals surface area contributed by atoms with E-state index in [0.717, 1.165) is 9.79 Å². The summed E-state index contributed by atoms with van der Waals surface area (Å²) in [4.78, 5) is 4.98. The number of benzene rings is 2. The second kappa shape index (κ2) is 6.78. The summed E-state index contributed by atoms with van der Waals surface area (Å²) in [6.07, 6.45) is 0. The fourth-order valence-corrected chi connectivity index (χ4v) is 5.02. The van der Waals surface area contributed by atoms with Crippen molar-refractivity contribution in [2.75, 3.05) is 0 Å². The van der Waals surface area contributed by atoms with Crippen LogP contribution in [0, 0.1) is 55.4 Å². The van der Waals surface area contributed by atoms with Gasteiger partial charge < -0.3 is 0 Å². The highest BCUT2D eigenvalue weighted by molar-refractivity contribution is 7.99. The average Bonchev–Trinajstić information content (AvgIpc) is 2.54. The third-order valence-corrected chi connectivity index (χ3v) is 8.21. The van der Waals surface area contributed by atoms with Gasteiger partial charge in [0.2, 0.25) is 0 Å². The van der Waals surface area contributed by atoms with Gasteiger partial charge in [-0.1, -0.05) is 11.8 Å². The average molecular weight is 363 g/mol. The summed E-state index contributed by atoms with van der Waals surface area (Å²) in [6.45, 7) is 17.5. The number of thiol groups is 2. The predicted octanol–water partition coefficient (Wildman–Crippen LogP) is 6.88. The largest absolute Gasteiger partial charge is 0.143 e. The quantitative estimate of drug-likeness (QED) is 0.549. The molecular formula is C20H26S3. The Kier molecular flexibility index (Phi) is 5.55. The molecule has 0 nitrogen and oxygen atoms in total. The summed E-state index contributed by atoms with van der Waals surface area (Å²) in [5.74, 6) is 0. The van der Waals surface area contributed by atoms with Crippen LogP contribution in [0.1, 0.15) is 44.5 Å². The molecule has 2 aromatic carbocycles. The summed E-state index contributed by atoms with van der Waals surface area (Å²) in [7, 11) is 0. The van der Waals surface area contributed by atoms with Crippen molar-refractivity contribution in [3.8, 4) is 0 Å². The molecule has 0 aliphatic heterocycles. The minimum Gasteiger partial charge on any atom is -0.143 e. The van der Waals surface area contributed by atoms with E-state index >= 15 is 0 Å². The van der Waals surface area contributed by atoms with E-state index in [-0.39, 0.29) is 0 Å². The van der Waals surface area contributed by atoms with Crippen LogP contribution in [-0.4, -0.2) is 0 Å². The Bertz CT molecular complexity index is 676. The zero-order valence-electron chi connectivity index (χ0n) is 15.3. The van der Waals surface area contributed by atoms with Crippen molar-refractivity contribution >= 4 is 37.0 Å².